The summed E-state index contributed by atoms with van der Waals surface area (Å²) >= 11 is 0. The number of primary amides is 1. The van der Waals surface area contributed by atoms with Crippen LogP contribution in [-0.4, -0.2) is 5.91 Å². The van der Waals surface area contributed by atoms with E-state index in [4.69, 9.17) is 15.7 Å². The van der Waals surface area contributed by atoms with Crippen LogP contribution in [0.25, 0.3) is 6.08 Å². The maximum Gasteiger partial charge on any atom is 0.221 e. The number of carbonyl (C=O) groups excluding carboxylic acids is 1. The number of amides is 1. The fraction of sp³-hybridized carbons (Fsp3) is 0.111. The van der Waals surface area contributed by atoms with E-state index in [1.807, 2.05) is 30.3 Å². The number of hydrogen-bond acceptors (Lipinski definition) is 3. The van der Waals surface area contributed by atoms with E-state index >= 15 is 0 Å². The van der Waals surface area contributed by atoms with E-state index in [0.717, 1.165) is 11.1 Å². The normalized spacial score (nSPS) is 10.3. The van der Waals surface area contributed by atoms with E-state index in [1.54, 1.807) is 30.4 Å². The summed E-state index contributed by atoms with van der Waals surface area (Å²) in [5.41, 5.74) is 7.44. The Morgan fingerprint density at radius 2 is 2.00 bits per heavy atom. The predicted octanol–water partition coefficient (Wildman–Crippen LogP) is 3.03. The van der Waals surface area contributed by atoms with Crippen LogP contribution in [0.15, 0.2) is 54.6 Å². The number of rotatable bonds is 6. The summed E-state index contributed by atoms with van der Waals surface area (Å²) in [7, 11) is 0. The molecule has 0 spiro atoms. The molecule has 0 bridgehead atoms. The van der Waals surface area contributed by atoms with Crippen LogP contribution >= 0.6 is 0 Å². The molecule has 0 aliphatic heterocycles. The second-order valence-corrected chi connectivity index (χ2v) is 4.71. The van der Waals surface area contributed by atoms with Gasteiger partial charge in [-0.05, 0) is 23.3 Å². The Balaban J connectivity index is 2.12. The van der Waals surface area contributed by atoms with Crippen molar-refractivity contribution in [1.29, 1.82) is 5.26 Å². The number of nitriles is 1. The van der Waals surface area contributed by atoms with Gasteiger partial charge in [0.1, 0.15) is 18.4 Å². The van der Waals surface area contributed by atoms with Crippen molar-refractivity contribution in [3.05, 3.63) is 71.3 Å². The summed E-state index contributed by atoms with van der Waals surface area (Å²) < 4.78 is 5.73. The van der Waals surface area contributed by atoms with Crippen LogP contribution in [0.1, 0.15) is 23.1 Å². The van der Waals surface area contributed by atoms with Crippen LogP contribution in [0, 0.1) is 11.3 Å². The van der Waals surface area contributed by atoms with Gasteiger partial charge in [0.25, 0.3) is 0 Å². The van der Waals surface area contributed by atoms with E-state index in [1.165, 1.54) is 0 Å². The Morgan fingerprint density at radius 3 is 2.68 bits per heavy atom. The quantitative estimate of drug-likeness (QED) is 0.889. The van der Waals surface area contributed by atoms with Crippen molar-refractivity contribution in [1.82, 2.24) is 0 Å². The first-order valence-corrected chi connectivity index (χ1v) is 6.85. The third kappa shape index (κ3) is 4.50. The highest BCUT2D eigenvalue weighted by molar-refractivity contribution is 5.76. The van der Waals surface area contributed by atoms with Gasteiger partial charge in [-0.25, -0.2) is 0 Å². The molecule has 0 fully saturated rings. The molecule has 0 unspecified atom stereocenters. The van der Waals surface area contributed by atoms with Gasteiger partial charge in [0, 0.05) is 6.42 Å². The van der Waals surface area contributed by atoms with E-state index in [9.17, 15) is 4.79 Å². The van der Waals surface area contributed by atoms with E-state index in [2.05, 4.69) is 6.07 Å². The van der Waals surface area contributed by atoms with Gasteiger partial charge in [-0.1, -0.05) is 48.6 Å². The highest BCUT2D eigenvalue weighted by atomic mass is 16.5. The highest BCUT2D eigenvalue weighted by Crippen LogP contribution is 2.22. The number of nitrogens with zero attached hydrogens (tertiary/aromatic N) is 1. The third-order valence-corrected chi connectivity index (χ3v) is 2.99. The van der Waals surface area contributed by atoms with Crippen LogP contribution < -0.4 is 10.5 Å². The number of benzene rings is 2. The Bertz CT molecular complexity index is 716. The molecule has 0 heterocycles. The lowest BCUT2D eigenvalue weighted by Gasteiger charge is -2.09. The Kier molecular flexibility index (Phi) is 5.33. The second kappa shape index (κ2) is 7.65. The number of nitrogens with two attached hydrogens (primary N) is 1. The molecule has 0 aliphatic carbocycles. The topological polar surface area (TPSA) is 76.1 Å². The SMILES string of the molecule is N#Cc1ccc(C=CCC(N)=O)cc1OCc1ccccc1. The van der Waals surface area contributed by atoms with Gasteiger partial charge in [0.15, 0.2) is 0 Å². The van der Waals surface area contributed by atoms with Gasteiger partial charge < -0.3 is 10.5 Å². The second-order valence-electron chi connectivity index (χ2n) is 4.71. The molecular weight excluding hydrogens is 276 g/mol. The summed E-state index contributed by atoms with van der Waals surface area (Å²) in [5, 5.41) is 9.15. The lowest BCUT2D eigenvalue weighted by Crippen LogP contribution is -2.07. The Hall–Kier alpha value is -3.06. The van der Waals surface area contributed by atoms with Crippen molar-refractivity contribution in [2.24, 2.45) is 5.73 Å². The first kappa shape index (κ1) is 15.3. The van der Waals surface area contributed by atoms with Crippen molar-refractivity contribution in [2.75, 3.05) is 0 Å². The van der Waals surface area contributed by atoms with Crippen LogP contribution in [0.5, 0.6) is 5.75 Å². The predicted molar refractivity (Wildman–Crippen MR) is 84.8 cm³/mol. The minimum Gasteiger partial charge on any atom is -0.488 e. The average molecular weight is 292 g/mol. The highest BCUT2D eigenvalue weighted by Gasteiger charge is 2.04. The monoisotopic (exact) mass is 292 g/mol. The fourth-order valence-corrected chi connectivity index (χ4v) is 1.90. The van der Waals surface area contributed by atoms with Crippen LogP contribution in [0.4, 0.5) is 0 Å². The summed E-state index contributed by atoms with van der Waals surface area (Å²) in [5.74, 6) is 0.137. The van der Waals surface area contributed by atoms with E-state index in [-0.39, 0.29) is 12.3 Å². The molecule has 110 valence electrons. The van der Waals surface area contributed by atoms with Crippen molar-refractivity contribution in [3.8, 4) is 11.8 Å². The van der Waals surface area contributed by atoms with Crippen molar-refractivity contribution in [2.45, 2.75) is 13.0 Å². The Morgan fingerprint density at radius 1 is 1.23 bits per heavy atom. The first-order valence-electron chi connectivity index (χ1n) is 6.85. The van der Waals surface area contributed by atoms with Gasteiger partial charge in [0.05, 0.1) is 5.56 Å². The number of carbonyl (C=O) groups is 1. The molecule has 2 N–H and O–H groups in total. The van der Waals surface area contributed by atoms with Crippen LogP contribution in [0.2, 0.25) is 0 Å². The molecule has 0 atom stereocenters. The van der Waals surface area contributed by atoms with Gasteiger partial charge in [0.2, 0.25) is 5.91 Å². The van der Waals surface area contributed by atoms with E-state index < -0.39 is 0 Å². The number of hydrogen-bond donors (Lipinski definition) is 1. The van der Waals surface area contributed by atoms with Gasteiger partial charge in [-0.3, -0.25) is 4.79 Å². The molecule has 4 nitrogen and oxygen atoms in total. The minimum absolute atomic E-state index is 0.181. The summed E-state index contributed by atoms with van der Waals surface area (Å²) in [6.07, 6.45) is 3.65. The molecule has 2 aromatic carbocycles. The zero-order valence-corrected chi connectivity index (χ0v) is 12.0. The molecule has 0 saturated heterocycles. The number of ether oxygens (including phenoxy) is 1. The molecular formula is C18H16N2O2. The van der Waals surface area contributed by atoms with Gasteiger partial charge >= 0.3 is 0 Å². The molecule has 2 aromatic rings. The molecule has 0 saturated carbocycles. The smallest absolute Gasteiger partial charge is 0.221 e. The van der Waals surface area contributed by atoms with E-state index in [0.29, 0.717) is 17.9 Å². The van der Waals surface area contributed by atoms with Crippen molar-refractivity contribution in [3.63, 3.8) is 0 Å². The standard InChI is InChI=1S/C18H16N2O2/c19-12-16-10-9-14(7-4-8-18(20)21)11-17(16)22-13-15-5-2-1-3-6-15/h1-7,9-11H,8,13H2,(H2,20,21). The molecule has 0 aliphatic rings. The van der Waals surface area contributed by atoms with Gasteiger partial charge in [-0.15, -0.1) is 0 Å². The fourth-order valence-electron chi connectivity index (χ4n) is 1.90. The van der Waals surface area contributed by atoms with Crippen molar-refractivity contribution < 1.29 is 9.53 Å². The maximum absolute atomic E-state index is 10.7. The molecule has 2 rings (SSSR count). The summed E-state index contributed by atoms with van der Waals surface area (Å²) in [6.45, 7) is 0.393. The molecule has 0 aromatic heterocycles. The lowest BCUT2D eigenvalue weighted by atomic mass is 10.1. The average Bonchev–Trinajstić information content (AvgIpc) is 2.54. The zero-order chi connectivity index (χ0) is 15.8. The third-order valence-electron chi connectivity index (χ3n) is 2.99. The van der Waals surface area contributed by atoms with Crippen LogP contribution in [0.3, 0.4) is 0 Å². The zero-order valence-electron chi connectivity index (χ0n) is 12.0. The molecule has 0 radical (unpaired) electrons. The molecule has 22 heavy (non-hydrogen) atoms. The first-order chi connectivity index (χ1) is 10.7. The van der Waals surface area contributed by atoms with Crippen LogP contribution in [-0.2, 0) is 11.4 Å². The summed E-state index contributed by atoms with van der Waals surface area (Å²) in [4.78, 5) is 10.7. The Labute approximate surface area is 129 Å². The minimum atomic E-state index is -0.384. The van der Waals surface area contributed by atoms with Gasteiger partial charge in [-0.2, -0.15) is 5.26 Å². The largest absolute Gasteiger partial charge is 0.488 e. The maximum atomic E-state index is 10.7. The molecule has 1 amide bonds. The lowest BCUT2D eigenvalue weighted by molar-refractivity contribution is -0.117. The van der Waals surface area contributed by atoms with Crippen molar-refractivity contribution >= 4 is 12.0 Å². The molecule has 4 heteroatoms. The summed E-state index contributed by atoms with van der Waals surface area (Å²) in [6, 6.07) is 17.1.